The van der Waals surface area contributed by atoms with Crippen LogP contribution in [0.5, 0.6) is 0 Å². The van der Waals surface area contributed by atoms with Crippen LogP contribution >= 0.6 is 0 Å². The molecule has 0 aliphatic carbocycles. The second-order valence-corrected chi connectivity index (χ2v) is 5.34. The van der Waals surface area contributed by atoms with E-state index in [1.54, 1.807) is 0 Å². The fraction of sp³-hybridized carbons (Fsp3) is 0.667. The van der Waals surface area contributed by atoms with Crippen LogP contribution < -0.4 is 5.32 Å². The van der Waals surface area contributed by atoms with Gasteiger partial charge in [0.1, 0.15) is 0 Å². The van der Waals surface area contributed by atoms with E-state index in [9.17, 15) is 0 Å². The summed E-state index contributed by atoms with van der Waals surface area (Å²) in [5.41, 5.74) is 2.37. The SMILES string of the molecule is CCN1CCC(CNCc2ccc(C)cn2)CC1. The van der Waals surface area contributed by atoms with E-state index in [0.29, 0.717) is 0 Å². The summed E-state index contributed by atoms with van der Waals surface area (Å²) in [6.07, 6.45) is 4.61. The second-order valence-electron chi connectivity index (χ2n) is 5.34. The molecule has 1 aromatic heterocycles. The van der Waals surface area contributed by atoms with Crippen LogP contribution in [-0.4, -0.2) is 36.1 Å². The molecule has 0 bridgehead atoms. The van der Waals surface area contributed by atoms with Gasteiger partial charge in [0.25, 0.3) is 0 Å². The Labute approximate surface area is 111 Å². The van der Waals surface area contributed by atoms with Crippen LogP contribution in [0.1, 0.15) is 31.0 Å². The maximum atomic E-state index is 4.42. The minimum atomic E-state index is 0.846. The van der Waals surface area contributed by atoms with Gasteiger partial charge < -0.3 is 10.2 Å². The molecule has 3 heteroatoms. The van der Waals surface area contributed by atoms with Crippen LogP contribution in [0.15, 0.2) is 18.3 Å². The van der Waals surface area contributed by atoms with E-state index >= 15 is 0 Å². The summed E-state index contributed by atoms with van der Waals surface area (Å²) in [6, 6.07) is 4.24. The molecule has 0 spiro atoms. The molecule has 1 saturated heterocycles. The molecule has 0 saturated carbocycles. The largest absolute Gasteiger partial charge is 0.311 e. The fourth-order valence-electron chi connectivity index (χ4n) is 2.51. The molecule has 3 nitrogen and oxygen atoms in total. The standard InChI is InChI=1S/C15H25N3/c1-3-18-8-6-14(7-9-18)11-16-12-15-5-4-13(2)10-17-15/h4-5,10,14,16H,3,6-9,11-12H2,1-2H3. The minimum Gasteiger partial charge on any atom is -0.311 e. The Hall–Kier alpha value is -0.930. The Bertz CT molecular complexity index is 339. The number of nitrogens with zero attached hydrogens (tertiary/aromatic N) is 2. The van der Waals surface area contributed by atoms with Crippen LogP contribution in [0.25, 0.3) is 0 Å². The lowest BCUT2D eigenvalue weighted by Gasteiger charge is -2.31. The smallest absolute Gasteiger partial charge is 0.0541 e. The van der Waals surface area contributed by atoms with E-state index in [-0.39, 0.29) is 0 Å². The summed E-state index contributed by atoms with van der Waals surface area (Å²) >= 11 is 0. The molecule has 2 rings (SSSR count). The average Bonchev–Trinajstić information content (AvgIpc) is 2.42. The quantitative estimate of drug-likeness (QED) is 0.864. The van der Waals surface area contributed by atoms with Gasteiger partial charge in [-0.3, -0.25) is 4.98 Å². The zero-order valence-electron chi connectivity index (χ0n) is 11.7. The maximum Gasteiger partial charge on any atom is 0.0541 e. The van der Waals surface area contributed by atoms with Crippen LogP contribution in [-0.2, 0) is 6.54 Å². The van der Waals surface area contributed by atoms with Gasteiger partial charge in [0, 0.05) is 12.7 Å². The van der Waals surface area contributed by atoms with Crippen molar-refractivity contribution in [1.82, 2.24) is 15.2 Å². The molecule has 0 aromatic carbocycles. The first-order chi connectivity index (χ1) is 8.78. The topological polar surface area (TPSA) is 28.2 Å². The minimum absolute atomic E-state index is 0.846. The van der Waals surface area contributed by atoms with Crippen molar-refractivity contribution in [3.8, 4) is 0 Å². The van der Waals surface area contributed by atoms with Crippen molar-refractivity contribution in [2.24, 2.45) is 5.92 Å². The Morgan fingerprint density at radius 3 is 2.72 bits per heavy atom. The van der Waals surface area contributed by atoms with Crippen LogP contribution in [0, 0.1) is 12.8 Å². The molecule has 1 fully saturated rings. The van der Waals surface area contributed by atoms with E-state index in [1.165, 1.54) is 38.0 Å². The number of hydrogen-bond acceptors (Lipinski definition) is 3. The van der Waals surface area contributed by atoms with Gasteiger partial charge in [0.2, 0.25) is 0 Å². The summed E-state index contributed by atoms with van der Waals surface area (Å²) < 4.78 is 0. The molecule has 2 heterocycles. The number of aryl methyl sites for hydroxylation is 1. The van der Waals surface area contributed by atoms with E-state index < -0.39 is 0 Å². The molecule has 0 radical (unpaired) electrons. The highest BCUT2D eigenvalue weighted by atomic mass is 15.1. The first-order valence-corrected chi connectivity index (χ1v) is 7.12. The van der Waals surface area contributed by atoms with Gasteiger partial charge in [-0.05, 0) is 63.5 Å². The second kappa shape index (κ2) is 6.86. The van der Waals surface area contributed by atoms with Crippen LogP contribution in [0.2, 0.25) is 0 Å². The lowest BCUT2D eigenvalue weighted by atomic mass is 9.97. The molecule has 100 valence electrons. The number of likely N-dealkylation sites (tertiary alicyclic amines) is 1. The van der Waals surface area contributed by atoms with Crippen LogP contribution in [0.4, 0.5) is 0 Å². The van der Waals surface area contributed by atoms with Crippen molar-refractivity contribution < 1.29 is 0 Å². The fourth-order valence-corrected chi connectivity index (χ4v) is 2.51. The van der Waals surface area contributed by atoms with Crippen LogP contribution in [0.3, 0.4) is 0 Å². The Morgan fingerprint density at radius 1 is 1.33 bits per heavy atom. The normalized spacial score (nSPS) is 18.1. The Balaban J connectivity index is 1.65. The number of piperidine rings is 1. The van der Waals surface area contributed by atoms with E-state index in [0.717, 1.165) is 24.7 Å². The van der Waals surface area contributed by atoms with Crippen molar-refractivity contribution in [2.45, 2.75) is 33.2 Å². The van der Waals surface area contributed by atoms with Gasteiger partial charge >= 0.3 is 0 Å². The van der Waals surface area contributed by atoms with Crippen molar-refractivity contribution in [2.75, 3.05) is 26.2 Å². The highest BCUT2D eigenvalue weighted by Gasteiger charge is 2.17. The third-order valence-electron chi connectivity index (χ3n) is 3.87. The average molecular weight is 247 g/mol. The third kappa shape index (κ3) is 4.07. The number of pyridine rings is 1. The molecule has 1 N–H and O–H groups in total. The van der Waals surface area contributed by atoms with Gasteiger partial charge in [-0.1, -0.05) is 13.0 Å². The van der Waals surface area contributed by atoms with Crippen molar-refractivity contribution in [1.29, 1.82) is 0 Å². The van der Waals surface area contributed by atoms with E-state index in [4.69, 9.17) is 0 Å². The summed E-state index contributed by atoms with van der Waals surface area (Å²) in [5, 5.41) is 3.54. The number of hydrogen-bond donors (Lipinski definition) is 1. The number of rotatable bonds is 5. The zero-order chi connectivity index (χ0) is 12.8. The summed E-state index contributed by atoms with van der Waals surface area (Å²) in [7, 11) is 0. The van der Waals surface area contributed by atoms with Crippen molar-refractivity contribution in [3.05, 3.63) is 29.6 Å². The Kier molecular flexibility index (Phi) is 5.14. The summed E-state index contributed by atoms with van der Waals surface area (Å²) in [6.45, 7) is 10.1. The lowest BCUT2D eigenvalue weighted by Crippen LogP contribution is -2.37. The first-order valence-electron chi connectivity index (χ1n) is 7.12. The Morgan fingerprint density at radius 2 is 2.11 bits per heavy atom. The summed E-state index contributed by atoms with van der Waals surface area (Å²) in [5.74, 6) is 0.846. The van der Waals surface area contributed by atoms with Gasteiger partial charge in [-0.15, -0.1) is 0 Å². The molecule has 0 atom stereocenters. The number of aromatic nitrogens is 1. The van der Waals surface area contributed by atoms with E-state index in [1.807, 2.05) is 6.20 Å². The third-order valence-corrected chi connectivity index (χ3v) is 3.87. The molecule has 18 heavy (non-hydrogen) atoms. The molecule has 1 aliphatic heterocycles. The van der Waals surface area contributed by atoms with Gasteiger partial charge in [0.05, 0.1) is 5.69 Å². The monoisotopic (exact) mass is 247 g/mol. The van der Waals surface area contributed by atoms with E-state index in [2.05, 4.69) is 41.2 Å². The highest BCUT2D eigenvalue weighted by molar-refractivity contribution is 5.11. The molecular formula is C15H25N3. The lowest BCUT2D eigenvalue weighted by molar-refractivity contribution is 0.190. The van der Waals surface area contributed by atoms with Gasteiger partial charge in [0.15, 0.2) is 0 Å². The van der Waals surface area contributed by atoms with Crippen molar-refractivity contribution in [3.63, 3.8) is 0 Å². The highest BCUT2D eigenvalue weighted by Crippen LogP contribution is 2.15. The molecule has 1 aromatic rings. The first kappa shape index (κ1) is 13.5. The summed E-state index contributed by atoms with van der Waals surface area (Å²) in [4.78, 5) is 6.96. The predicted molar refractivity (Wildman–Crippen MR) is 75.5 cm³/mol. The molecule has 1 aliphatic rings. The van der Waals surface area contributed by atoms with Crippen molar-refractivity contribution >= 4 is 0 Å². The zero-order valence-corrected chi connectivity index (χ0v) is 11.7. The van der Waals surface area contributed by atoms with Gasteiger partial charge in [-0.25, -0.2) is 0 Å². The maximum absolute atomic E-state index is 4.42. The molecular weight excluding hydrogens is 222 g/mol. The predicted octanol–water partition coefficient (Wildman–Crippen LogP) is 2.21. The molecule has 0 amide bonds. The number of nitrogens with one attached hydrogen (secondary N) is 1. The molecule has 0 unspecified atom stereocenters. The van der Waals surface area contributed by atoms with Gasteiger partial charge in [-0.2, -0.15) is 0 Å².